The predicted molar refractivity (Wildman–Crippen MR) is 101 cm³/mol. The van der Waals surface area contributed by atoms with E-state index in [0.717, 1.165) is 19.3 Å². The topological polar surface area (TPSA) is 67.2 Å². The highest BCUT2D eigenvalue weighted by Crippen LogP contribution is 2.64. The van der Waals surface area contributed by atoms with Gasteiger partial charge in [-0.25, -0.2) is 0 Å². The molecular formula is C21H33N3O2. The SMILES string of the molecule is CC(C)(O)C(C)(C)CNC(=O)C1C2CCC1(c1ccnn1C1CCC1)C2. The minimum atomic E-state index is -0.834. The third-order valence-electron chi connectivity index (χ3n) is 7.90. The Morgan fingerprint density at radius 3 is 2.65 bits per heavy atom. The summed E-state index contributed by atoms with van der Waals surface area (Å²) in [5, 5.41) is 18.1. The van der Waals surface area contributed by atoms with Crippen molar-refractivity contribution in [1.82, 2.24) is 15.1 Å². The summed E-state index contributed by atoms with van der Waals surface area (Å²) in [4.78, 5) is 13.1. The number of aromatic nitrogens is 2. The van der Waals surface area contributed by atoms with Crippen molar-refractivity contribution in [2.75, 3.05) is 6.54 Å². The van der Waals surface area contributed by atoms with Gasteiger partial charge in [-0.1, -0.05) is 13.8 Å². The second kappa shape index (κ2) is 5.82. The molecule has 0 aromatic carbocycles. The zero-order valence-electron chi connectivity index (χ0n) is 16.6. The quantitative estimate of drug-likeness (QED) is 0.820. The molecule has 1 aromatic rings. The van der Waals surface area contributed by atoms with Crippen LogP contribution in [0.3, 0.4) is 0 Å². The summed E-state index contributed by atoms with van der Waals surface area (Å²) in [5.74, 6) is 0.734. The molecule has 1 aromatic heterocycles. The third-order valence-corrected chi connectivity index (χ3v) is 7.90. The molecule has 5 nitrogen and oxygen atoms in total. The highest BCUT2D eigenvalue weighted by Gasteiger charge is 2.64. The lowest BCUT2D eigenvalue weighted by atomic mass is 9.58. The van der Waals surface area contributed by atoms with E-state index < -0.39 is 5.60 Å². The smallest absolute Gasteiger partial charge is 0.224 e. The van der Waals surface area contributed by atoms with E-state index in [4.69, 9.17) is 0 Å². The van der Waals surface area contributed by atoms with Crippen molar-refractivity contribution in [2.45, 2.75) is 83.3 Å². The maximum absolute atomic E-state index is 13.1. The van der Waals surface area contributed by atoms with Crippen molar-refractivity contribution in [2.24, 2.45) is 17.3 Å². The molecule has 4 aliphatic rings. The van der Waals surface area contributed by atoms with Crippen LogP contribution in [0.5, 0.6) is 0 Å². The number of carbonyl (C=O) groups excluding carboxylic acids is 1. The molecule has 1 heterocycles. The van der Waals surface area contributed by atoms with E-state index in [1.807, 2.05) is 33.9 Å². The van der Waals surface area contributed by atoms with E-state index in [1.54, 1.807) is 0 Å². The third kappa shape index (κ3) is 2.54. The van der Waals surface area contributed by atoms with E-state index in [1.165, 1.54) is 25.0 Å². The number of nitrogens with one attached hydrogen (secondary N) is 1. The Balaban J connectivity index is 1.51. The maximum Gasteiger partial charge on any atom is 0.224 e. The second-order valence-corrected chi connectivity index (χ2v) is 10.0. The molecule has 3 atom stereocenters. The van der Waals surface area contributed by atoms with Crippen LogP contribution in [-0.2, 0) is 10.2 Å². The number of carbonyl (C=O) groups is 1. The van der Waals surface area contributed by atoms with Gasteiger partial charge in [-0.05, 0) is 64.4 Å². The fraction of sp³-hybridized carbons (Fsp3) is 0.810. The Hall–Kier alpha value is -1.36. The van der Waals surface area contributed by atoms with E-state index in [0.29, 0.717) is 18.5 Å². The summed E-state index contributed by atoms with van der Waals surface area (Å²) < 4.78 is 2.23. The normalized spacial score (nSPS) is 31.4. The highest BCUT2D eigenvalue weighted by molar-refractivity contribution is 5.83. The van der Waals surface area contributed by atoms with Crippen LogP contribution >= 0.6 is 0 Å². The van der Waals surface area contributed by atoms with Crippen molar-refractivity contribution in [1.29, 1.82) is 0 Å². The molecule has 0 aliphatic heterocycles. The van der Waals surface area contributed by atoms with Crippen LogP contribution in [0.15, 0.2) is 12.3 Å². The molecule has 2 bridgehead atoms. The van der Waals surface area contributed by atoms with Gasteiger partial charge in [0.25, 0.3) is 0 Å². The Bertz CT molecular complexity index is 694. The van der Waals surface area contributed by atoms with Crippen LogP contribution in [0.25, 0.3) is 0 Å². The van der Waals surface area contributed by atoms with Gasteiger partial charge < -0.3 is 10.4 Å². The Morgan fingerprint density at radius 1 is 1.35 bits per heavy atom. The van der Waals surface area contributed by atoms with Gasteiger partial charge in [0.1, 0.15) is 0 Å². The van der Waals surface area contributed by atoms with Gasteiger partial charge >= 0.3 is 0 Å². The first kappa shape index (κ1) is 18.0. The molecule has 1 amide bonds. The molecule has 4 aliphatic carbocycles. The van der Waals surface area contributed by atoms with Crippen LogP contribution < -0.4 is 5.32 Å². The minimum Gasteiger partial charge on any atom is -0.390 e. The first-order valence-electron chi connectivity index (χ1n) is 10.2. The fourth-order valence-corrected chi connectivity index (χ4v) is 5.09. The van der Waals surface area contributed by atoms with Gasteiger partial charge in [0.05, 0.1) is 17.6 Å². The number of hydrogen-bond donors (Lipinski definition) is 2. The Kier molecular flexibility index (Phi) is 4.03. The largest absolute Gasteiger partial charge is 0.390 e. The van der Waals surface area contributed by atoms with Crippen LogP contribution in [0, 0.1) is 17.3 Å². The summed E-state index contributed by atoms with van der Waals surface area (Å²) in [6, 6.07) is 2.69. The minimum absolute atomic E-state index is 0.0142. The van der Waals surface area contributed by atoms with Crippen LogP contribution in [0.1, 0.15) is 78.0 Å². The standard InChI is InChI=1S/C21H33N3O2/c1-19(2,20(3,4)26)13-22-18(25)17-14-8-10-21(17,12-14)16-9-11-23-24(16)15-6-5-7-15/h9,11,14-15,17,26H,5-8,10,12-13H2,1-4H3,(H,22,25). The van der Waals surface area contributed by atoms with Crippen molar-refractivity contribution in [3.63, 3.8) is 0 Å². The molecule has 4 saturated carbocycles. The molecule has 3 unspecified atom stereocenters. The molecule has 0 radical (unpaired) electrons. The molecule has 0 saturated heterocycles. The molecular weight excluding hydrogens is 326 g/mol. The first-order valence-corrected chi connectivity index (χ1v) is 10.2. The molecule has 0 spiro atoms. The van der Waals surface area contributed by atoms with Gasteiger partial charge in [0, 0.05) is 29.3 Å². The average Bonchev–Trinajstić information content (AvgIpc) is 3.15. The maximum atomic E-state index is 13.1. The summed E-state index contributed by atoms with van der Waals surface area (Å²) in [5.41, 5.74) is 0.0729. The summed E-state index contributed by atoms with van der Waals surface area (Å²) >= 11 is 0. The van der Waals surface area contributed by atoms with Crippen LogP contribution in [0.2, 0.25) is 0 Å². The van der Waals surface area contributed by atoms with Crippen LogP contribution in [-0.4, -0.2) is 32.9 Å². The first-order chi connectivity index (χ1) is 12.2. The van der Waals surface area contributed by atoms with E-state index in [-0.39, 0.29) is 22.7 Å². The van der Waals surface area contributed by atoms with Gasteiger partial charge in [-0.3, -0.25) is 9.48 Å². The van der Waals surface area contributed by atoms with Crippen LogP contribution in [0.4, 0.5) is 0 Å². The molecule has 2 N–H and O–H groups in total. The average molecular weight is 360 g/mol. The van der Waals surface area contributed by atoms with Crippen molar-refractivity contribution in [3.8, 4) is 0 Å². The summed E-state index contributed by atoms with van der Waals surface area (Å²) in [7, 11) is 0. The van der Waals surface area contributed by atoms with E-state index in [9.17, 15) is 9.90 Å². The summed E-state index contributed by atoms with van der Waals surface area (Å²) in [6.07, 6.45) is 9.00. The lowest BCUT2D eigenvalue weighted by Crippen LogP contribution is -2.56. The molecule has 5 heteroatoms. The number of aliphatic hydroxyl groups is 1. The number of nitrogens with zero attached hydrogens (tertiary/aromatic N) is 2. The van der Waals surface area contributed by atoms with Crippen molar-refractivity contribution >= 4 is 5.91 Å². The lowest BCUT2D eigenvalue weighted by Gasteiger charge is -2.48. The monoisotopic (exact) mass is 359 g/mol. The summed E-state index contributed by atoms with van der Waals surface area (Å²) in [6.45, 7) is 8.13. The second-order valence-electron chi connectivity index (χ2n) is 10.0. The molecule has 5 rings (SSSR count). The van der Waals surface area contributed by atoms with E-state index in [2.05, 4.69) is 21.2 Å². The number of rotatable bonds is 6. The van der Waals surface area contributed by atoms with Crippen molar-refractivity contribution in [3.05, 3.63) is 18.0 Å². The number of hydrogen-bond acceptors (Lipinski definition) is 3. The number of fused-ring (bicyclic) bond motifs is 1. The molecule has 4 fully saturated rings. The van der Waals surface area contributed by atoms with Gasteiger partial charge in [-0.2, -0.15) is 5.10 Å². The predicted octanol–water partition coefficient (Wildman–Crippen LogP) is 3.19. The zero-order valence-corrected chi connectivity index (χ0v) is 16.6. The van der Waals surface area contributed by atoms with Gasteiger partial charge in [-0.15, -0.1) is 0 Å². The highest BCUT2D eigenvalue weighted by atomic mass is 16.3. The fourth-order valence-electron chi connectivity index (χ4n) is 5.09. The molecule has 144 valence electrons. The van der Waals surface area contributed by atoms with Gasteiger partial charge in [0.2, 0.25) is 5.91 Å². The van der Waals surface area contributed by atoms with Gasteiger partial charge in [0.15, 0.2) is 0 Å². The van der Waals surface area contributed by atoms with Crippen molar-refractivity contribution < 1.29 is 9.90 Å². The number of amides is 1. The molecule has 26 heavy (non-hydrogen) atoms. The lowest BCUT2D eigenvalue weighted by molar-refractivity contribution is -0.134. The van der Waals surface area contributed by atoms with E-state index >= 15 is 0 Å². The Morgan fingerprint density at radius 2 is 2.08 bits per heavy atom. The zero-order chi connectivity index (χ0) is 18.7. The Labute approximate surface area is 156 Å².